The van der Waals surface area contributed by atoms with E-state index < -0.39 is 0 Å². The summed E-state index contributed by atoms with van der Waals surface area (Å²) in [6.45, 7) is 10.1. The topological polar surface area (TPSA) is 21.3 Å². The minimum atomic E-state index is -0.0384. The van der Waals surface area contributed by atoms with Crippen molar-refractivity contribution < 1.29 is 4.74 Å². The summed E-state index contributed by atoms with van der Waals surface area (Å²) in [6.07, 6.45) is 5.04. The largest absolute Gasteiger partial charge is 0.487 e. The third-order valence-electron chi connectivity index (χ3n) is 5.32. The Hall–Kier alpha value is -1.02. The maximum Gasteiger partial charge on any atom is 0.123 e. The molecule has 2 nitrogen and oxygen atoms in total. The van der Waals surface area contributed by atoms with Crippen molar-refractivity contribution in [2.75, 3.05) is 0 Å². The standard InChI is InChI=1S/C19H29NO/c1-13-5-7-17(9-14(13)2)20-12-15-6-8-18-16(10-15)11-19(3,4)21-18/h6,8,10,13-14,17,20H,5,7,9,11-12H2,1-4H3. The number of rotatable bonds is 3. The SMILES string of the molecule is CC1CCC(NCc2ccc3c(c2)CC(C)(C)O3)CC1C. The van der Waals surface area contributed by atoms with E-state index in [4.69, 9.17) is 4.74 Å². The first-order chi connectivity index (χ1) is 9.93. The van der Waals surface area contributed by atoms with Gasteiger partial charge in [-0.1, -0.05) is 26.0 Å². The molecule has 1 fully saturated rings. The van der Waals surface area contributed by atoms with Gasteiger partial charge in [-0.3, -0.25) is 0 Å². The molecule has 0 saturated heterocycles. The number of benzene rings is 1. The lowest BCUT2D eigenvalue weighted by Gasteiger charge is -2.32. The quantitative estimate of drug-likeness (QED) is 0.894. The van der Waals surface area contributed by atoms with Crippen LogP contribution in [0.15, 0.2) is 18.2 Å². The summed E-state index contributed by atoms with van der Waals surface area (Å²) in [5.41, 5.74) is 2.72. The molecule has 116 valence electrons. The lowest BCUT2D eigenvalue weighted by Crippen LogP contribution is -2.35. The van der Waals surface area contributed by atoms with E-state index in [1.54, 1.807) is 0 Å². The molecule has 2 heteroatoms. The summed E-state index contributed by atoms with van der Waals surface area (Å²) >= 11 is 0. The molecule has 3 rings (SSSR count). The van der Waals surface area contributed by atoms with Crippen LogP contribution in [-0.4, -0.2) is 11.6 Å². The number of ether oxygens (including phenoxy) is 1. The van der Waals surface area contributed by atoms with Crippen LogP contribution in [0.1, 0.15) is 58.1 Å². The van der Waals surface area contributed by atoms with Gasteiger partial charge in [-0.2, -0.15) is 0 Å². The zero-order chi connectivity index (χ0) is 15.0. The van der Waals surface area contributed by atoms with E-state index in [2.05, 4.69) is 51.2 Å². The Balaban J connectivity index is 1.57. The molecule has 0 bridgehead atoms. The summed E-state index contributed by atoms with van der Waals surface area (Å²) in [6, 6.07) is 7.37. The van der Waals surface area contributed by atoms with Crippen molar-refractivity contribution in [2.45, 2.75) is 71.6 Å². The van der Waals surface area contributed by atoms with Crippen molar-refractivity contribution in [3.05, 3.63) is 29.3 Å². The molecule has 3 atom stereocenters. The van der Waals surface area contributed by atoms with Gasteiger partial charge >= 0.3 is 0 Å². The second kappa shape index (κ2) is 5.64. The molecular formula is C19H29NO. The molecule has 1 N–H and O–H groups in total. The lowest BCUT2D eigenvalue weighted by atomic mass is 9.79. The molecule has 0 aromatic heterocycles. The molecule has 21 heavy (non-hydrogen) atoms. The van der Waals surface area contributed by atoms with Gasteiger partial charge < -0.3 is 10.1 Å². The third-order valence-corrected chi connectivity index (χ3v) is 5.32. The summed E-state index contributed by atoms with van der Waals surface area (Å²) in [4.78, 5) is 0. The second-order valence-corrected chi connectivity index (χ2v) is 7.83. The van der Waals surface area contributed by atoms with Crippen LogP contribution in [0.4, 0.5) is 0 Å². The third kappa shape index (κ3) is 3.42. The molecule has 0 spiro atoms. The fourth-order valence-corrected chi connectivity index (χ4v) is 3.77. The predicted octanol–water partition coefficient (Wildman–Crippen LogP) is 4.31. The molecule has 1 aromatic rings. The van der Waals surface area contributed by atoms with Gasteiger partial charge in [0, 0.05) is 19.0 Å². The van der Waals surface area contributed by atoms with Gasteiger partial charge in [-0.15, -0.1) is 0 Å². The van der Waals surface area contributed by atoms with Crippen LogP contribution >= 0.6 is 0 Å². The molecule has 2 aliphatic rings. The zero-order valence-electron chi connectivity index (χ0n) is 13.9. The molecule has 3 unspecified atom stereocenters. The number of hydrogen-bond donors (Lipinski definition) is 1. The van der Waals surface area contributed by atoms with E-state index in [0.29, 0.717) is 6.04 Å². The zero-order valence-corrected chi connectivity index (χ0v) is 13.9. The predicted molar refractivity (Wildman–Crippen MR) is 87.7 cm³/mol. The van der Waals surface area contributed by atoms with Crippen molar-refractivity contribution >= 4 is 0 Å². The first-order valence-corrected chi connectivity index (χ1v) is 8.47. The van der Waals surface area contributed by atoms with Crippen LogP contribution < -0.4 is 10.1 Å². The Morgan fingerprint density at radius 2 is 2.00 bits per heavy atom. The van der Waals surface area contributed by atoms with Crippen molar-refractivity contribution in [1.29, 1.82) is 0 Å². The molecule has 1 heterocycles. The second-order valence-electron chi connectivity index (χ2n) is 7.83. The Bertz CT molecular complexity index is 508. The van der Waals surface area contributed by atoms with E-state index in [9.17, 15) is 0 Å². The Kier molecular flexibility index (Phi) is 4.00. The summed E-state index contributed by atoms with van der Waals surface area (Å²) in [7, 11) is 0. The fourth-order valence-electron chi connectivity index (χ4n) is 3.77. The van der Waals surface area contributed by atoms with Crippen LogP contribution in [0.3, 0.4) is 0 Å². The van der Waals surface area contributed by atoms with Gasteiger partial charge in [-0.25, -0.2) is 0 Å². The molecule has 1 aromatic carbocycles. The first kappa shape index (κ1) is 14.9. The van der Waals surface area contributed by atoms with Crippen LogP contribution in [0.25, 0.3) is 0 Å². The van der Waals surface area contributed by atoms with E-state index in [1.807, 2.05) is 0 Å². The summed E-state index contributed by atoms with van der Waals surface area (Å²) in [5, 5.41) is 3.76. The highest BCUT2D eigenvalue weighted by atomic mass is 16.5. The minimum Gasteiger partial charge on any atom is -0.487 e. The Labute approximate surface area is 129 Å². The van der Waals surface area contributed by atoms with Crippen LogP contribution in [0.2, 0.25) is 0 Å². The lowest BCUT2D eigenvalue weighted by molar-refractivity contribution is 0.138. The van der Waals surface area contributed by atoms with E-state index in [0.717, 1.165) is 30.6 Å². The highest BCUT2D eigenvalue weighted by molar-refractivity contribution is 5.41. The van der Waals surface area contributed by atoms with Gasteiger partial charge in [0.25, 0.3) is 0 Å². The smallest absolute Gasteiger partial charge is 0.123 e. The van der Waals surface area contributed by atoms with Crippen molar-refractivity contribution in [1.82, 2.24) is 5.32 Å². The van der Waals surface area contributed by atoms with Crippen molar-refractivity contribution in [3.63, 3.8) is 0 Å². The monoisotopic (exact) mass is 287 g/mol. The minimum absolute atomic E-state index is 0.0384. The number of nitrogens with one attached hydrogen (secondary N) is 1. The van der Waals surface area contributed by atoms with E-state index in [1.165, 1.54) is 30.4 Å². The molecule has 1 aliphatic carbocycles. The number of fused-ring (bicyclic) bond motifs is 1. The maximum absolute atomic E-state index is 5.95. The van der Waals surface area contributed by atoms with Crippen LogP contribution in [0, 0.1) is 11.8 Å². The van der Waals surface area contributed by atoms with Crippen LogP contribution in [-0.2, 0) is 13.0 Å². The molecular weight excluding hydrogens is 258 g/mol. The van der Waals surface area contributed by atoms with Gasteiger partial charge in [-0.05, 0) is 62.1 Å². The van der Waals surface area contributed by atoms with Crippen molar-refractivity contribution in [2.24, 2.45) is 11.8 Å². The molecule has 0 radical (unpaired) electrons. The van der Waals surface area contributed by atoms with E-state index in [-0.39, 0.29) is 5.60 Å². The van der Waals surface area contributed by atoms with Gasteiger partial charge in [0.1, 0.15) is 11.4 Å². The fraction of sp³-hybridized carbons (Fsp3) is 0.684. The normalized spacial score (nSPS) is 30.8. The number of hydrogen-bond acceptors (Lipinski definition) is 2. The highest BCUT2D eigenvalue weighted by Gasteiger charge is 2.30. The molecule has 1 aliphatic heterocycles. The first-order valence-electron chi connectivity index (χ1n) is 8.47. The molecule has 1 saturated carbocycles. The highest BCUT2D eigenvalue weighted by Crippen LogP contribution is 2.35. The maximum atomic E-state index is 5.95. The molecule has 0 amide bonds. The van der Waals surface area contributed by atoms with Gasteiger partial charge in [0.15, 0.2) is 0 Å². The summed E-state index contributed by atoms with van der Waals surface area (Å²) < 4.78 is 5.95. The van der Waals surface area contributed by atoms with Crippen LogP contribution in [0.5, 0.6) is 5.75 Å². The average molecular weight is 287 g/mol. The average Bonchev–Trinajstić information content (AvgIpc) is 2.73. The van der Waals surface area contributed by atoms with Crippen molar-refractivity contribution in [3.8, 4) is 5.75 Å². The Morgan fingerprint density at radius 3 is 2.76 bits per heavy atom. The van der Waals surface area contributed by atoms with Gasteiger partial charge in [0.2, 0.25) is 0 Å². The van der Waals surface area contributed by atoms with Gasteiger partial charge in [0.05, 0.1) is 0 Å². The Morgan fingerprint density at radius 1 is 1.19 bits per heavy atom. The summed E-state index contributed by atoms with van der Waals surface area (Å²) in [5.74, 6) is 2.82. The van der Waals surface area contributed by atoms with E-state index >= 15 is 0 Å².